The van der Waals surface area contributed by atoms with Gasteiger partial charge in [0.05, 0.1) is 22.9 Å². The van der Waals surface area contributed by atoms with Gasteiger partial charge in [-0.05, 0) is 38.5 Å². The Morgan fingerprint density at radius 1 is 0.867 bits per heavy atom. The van der Waals surface area contributed by atoms with Crippen LogP contribution in [0.4, 0.5) is 5.69 Å². The van der Waals surface area contributed by atoms with Crippen LogP contribution in [-0.2, 0) is 6.54 Å². The Morgan fingerprint density at radius 2 is 1.50 bits per heavy atom. The van der Waals surface area contributed by atoms with E-state index in [1.54, 1.807) is 12.1 Å². The highest BCUT2D eigenvalue weighted by molar-refractivity contribution is 5.74. The molecule has 5 heteroatoms. The normalized spacial score (nSPS) is 10.9. The summed E-state index contributed by atoms with van der Waals surface area (Å²) < 4.78 is 1.96. The Bertz CT molecular complexity index is 1240. The number of rotatable bonds is 5. The summed E-state index contributed by atoms with van der Waals surface area (Å²) in [6.07, 6.45) is 0. The van der Waals surface area contributed by atoms with Crippen LogP contribution in [0.3, 0.4) is 0 Å². The van der Waals surface area contributed by atoms with Crippen LogP contribution < -0.4 is 0 Å². The molecule has 0 atom stereocenters. The molecule has 0 bridgehead atoms. The molecule has 30 heavy (non-hydrogen) atoms. The maximum absolute atomic E-state index is 11.2. The zero-order valence-electron chi connectivity index (χ0n) is 17.3. The van der Waals surface area contributed by atoms with Crippen molar-refractivity contribution in [3.05, 3.63) is 105 Å². The molecule has 0 spiro atoms. The largest absolute Gasteiger partial charge is 0.269 e. The van der Waals surface area contributed by atoms with E-state index in [-0.39, 0.29) is 10.6 Å². The summed E-state index contributed by atoms with van der Waals surface area (Å²) in [4.78, 5) is 10.8. The van der Waals surface area contributed by atoms with E-state index in [0.29, 0.717) is 6.54 Å². The Kier molecular flexibility index (Phi) is 5.19. The van der Waals surface area contributed by atoms with Gasteiger partial charge in [0, 0.05) is 28.8 Å². The van der Waals surface area contributed by atoms with Gasteiger partial charge in [-0.3, -0.25) is 14.8 Å². The van der Waals surface area contributed by atoms with Gasteiger partial charge < -0.3 is 0 Å². The first-order valence-electron chi connectivity index (χ1n) is 9.87. The molecule has 1 aromatic heterocycles. The van der Waals surface area contributed by atoms with Crippen molar-refractivity contribution in [2.45, 2.75) is 27.3 Å². The lowest BCUT2D eigenvalue weighted by Gasteiger charge is -2.10. The van der Waals surface area contributed by atoms with Crippen molar-refractivity contribution in [1.29, 1.82) is 0 Å². The van der Waals surface area contributed by atoms with Gasteiger partial charge >= 0.3 is 0 Å². The summed E-state index contributed by atoms with van der Waals surface area (Å²) in [6.45, 7) is 6.69. The molecule has 5 nitrogen and oxygen atoms in total. The smallest absolute Gasteiger partial charge is 0.260 e. The van der Waals surface area contributed by atoms with Gasteiger partial charge in [-0.25, -0.2) is 0 Å². The van der Waals surface area contributed by atoms with E-state index < -0.39 is 0 Å². The van der Waals surface area contributed by atoms with E-state index in [4.69, 9.17) is 5.10 Å². The van der Waals surface area contributed by atoms with Crippen LogP contribution in [0.2, 0.25) is 0 Å². The minimum Gasteiger partial charge on any atom is -0.260 e. The van der Waals surface area contributed by atoms with E-state index in [1.807, 2.05) is 22.9 Å². The van der Waals surface area contributed by atoms with Crippen LogP contribution in [0.5, 0.6) is 0 Å². The number of non-ortho nitro benzene ring substituents is 1. The Labute approximate surface area is 175 Å². The zero-order chi connectivity index (χ0) is 21.3. The van der Waals surface area contributed by atoms with Crippen molar-refractivity contribution in [2.75, 3.05) is 0 Å². The molecule has 3 aromatic carbocycles. The van der Waals surface area contributed by atoms with Gasteiger partial charge in [0.2, 0.25) is 0 Å². The first-order valence-corrected chi connectivity index (χ1v) is 9.87. The molecule has 0 saturated heterocycles. The molecule has 0 aliphatic carbocycles. The highest BCUT2D eigenvalue weighted by Gasteiger charge is 2.18. The quantitative estimate of drug-likeness (QED) is 0.302. The van der Waals surface area contributed by atoms with Crippen LogP contribution in [0, 0.1) is 30.9 Å². The number of aryl methyl sites for hydroxylation is 2. The molecule has 0 aliphatic rings. The molecule has 0 radical (unpaired) electrons. The van der Waals surface area contributed by atoms with Gasteiger partial charge in [0.25, 0.3) is 5.69 Å². The van der Waals surface area contributed by atoms with Crippen LogP contribution >= 0.6 is 0 Å². The number of aromatic nitrogens is 2. The van der Waals surface area contributed by atoms with E-state index in [2.05, 4.69) is 57.2 Å². The molecular weight excluding hydrogens is 374 g/mol. The third-order valence-corrected chi connectivity index (χ3v) is 5.23. The summed E-state index contributed by atoms with van der Waals surface area (Å²) >= 11 is 0. The van der Waals surface area contributed by atoms with Crippen molar-refractivity contribution in [1.82, 2.24) is 9.78 Å². The standard InChI is InChI=1S/C25H23N3O2/c1-17-7-4-10-21(13-17)24-19(3)25(22-11-5-8-18(2)14-22)27(26-24)16-20-9-6-12-23(15-20)28(29)30/h4-15H,16H2,1-3H3. The second-order valence-corrected chi connectivity index (χ2v) is 7.65. The molecule has 0 fully saturated rings. The van der Waals surface area contributed by atoms with Crippen molar-refractivity contribution in [2.24, 2.45) is 0 Å². The number of nitro benzene ring substituents is 1. The van der Waals surface area contributed by atoms with Crippen molar-refractivity contribution in [3.8, 4) is 22.5 Å². The lowest BCUT2D eigenvalue weighted by atomic mass is 10.0. The average Bonchev–Trinajstić information content (AvgIpc) is 3.04. The number of nitrogens with zero attached hydrogens (tertiary/aromatic N) is 3. The SMILES string of the molecule is Cc1cccc(-c2nn(Cc3cccc([N+](=O)[O-])c3)c(-c3cccc(C)c3)c2C)c1. The molecule has 0 aliphatic heterocycles. The van der Waals surface area contributed by atoms with Gasteiger partial charge in [0.15, 0.2) is 0 Å². The molecule has 1 heterocycles. The van der Waals surface area contributed by atoms with Crippen LogP contribution in [0.25, 0.3) is 22.5 Å². The Morgan fingerprint density at radius 3 is 2.17 bits per heavy atom. The Balaban J connectivity index is 1.87. The van der Waals surface area contributed by atoms with Crippen LogP contribution in [0.1, 0.15) is 22.3 Å². The fraction of sp³-hybridized carbons (Fsp3) is 0.160. The Hall–Kier alpha value is -3.73. The van der Waals surface area contributed by atoms with Gasteiger partial charge in [-0.1, -0.05) is 59.7 Å². The van der Waals surface area contributed by atoms with E-state index in [9.17, 15) is 10.1 Å². The minimum absolute atomic E-state index is 0.0902. The van der Waals surface area contributed by atoms with Gasteiger partial charge in [-0.15, -0.1) is 0 Å². The lowest BCUT2D eigenvalue weighted by Crippen LogP contribution is -2.05. The van der Waals surface area contributed by atoms with Crippen molar-refractivity contribution < 1.29 is 4.92 Å². The molecule has 0 amide bonds. The highest BCUT2D eigenvalue weighted by Crippen LogP contribution is 2.33. The molecule has 4 rings (SSSR count). The second-order valence-electron chi connectivity index (χ2n) is 7.65. The van der Waals surface area contributed by atoms with Crippen molar-refractivity contribution >= 4 is 5.69 Å². The van der Waals surface area contributed by atoms with E-state index in [1.165, 1.54) is 17.2 Å². The predicted molar refractivity (Wildman–Crippen MR) is 120 cm³/mol. The maximum atomic E-state index is 11.2. The van der Waals surface area contributed by atoms with E-state index >= 15 is 0 Å². The number of hydrogen-bond acceptors (Lipinski definition) is 3. The van der Waals surface area contributed by atoms with Gasteiger partial charge in [-0.2, -0.15) is 5.10 Å². The fourth-order valence-corrected chi connectivity index (χ4v) is 3.83. The van der Waals surface area contributed by atoms with Crippen LogP contribution in [0.15, 0.2) is 72.8 Å². The fourth-order valence-electron chi connectivity index (χ4n) is 3.83. The minimum atomic E-state index is -0.364. The molecule has 0 N–H and O–H groups in total. The first kappa shape index (κ1) is 19.6. The first-order chi connectivity index (χ1) is 14.4. The molecule has 4 aromatic rings. The molecule has 0 unspecified atom stereocenters. The number of nitro groups is 1. The summed E-state index contributed by atoms with van der Waals surface area (Å²) in [6, 6.07) is 23.4. The third kappa shape index (κ3) is 3.87. The summed E-state index contributed by atoms with van der Waals surface area (Å²) in [5.74, 6) is 0. The summed E-state index contributed by atoms with van der Waals surface area (Å²) in [5, 5.41) is 16.1. The number of benzene rings is 3. The third-order valence-electron chi connectivity index (χ3n) is 5.23. The monoisotopic (exact) mass is 397 g/mol. The lowest BCUT2D eigenvalue weighted by molar-refractivity contribution is -0.384. The predicted octanol–water partition coefficient (Wildman–Crippen LogP) is 6.10. The highest BCUT2D eigenvalue weighted by atomic mass is 16.6. The number of hydrogen-bond donors (Lipinski definition) is 0. The summed E-state index contributed by atoms with van der Waals surface area (Å²) in [5.41, 5.74) is 8.50. The molecule has 150 valence electrons. The van der Waals surface area contributed by atoms with Crippen molar-refractivity contribution in [3.63, 3.8) is 0 Å². The zero-order valence-corrected chi connectivity index (χ0v) is 17.3. The van der Waals surface area contributed by atoms with Crippen LogP contribution in [-0.4, -0.2) is 14.7 Å². The molecular formula is C25H23N3O2. The van der Waals surface area contributed by atoms with E-state index in [0.717, 1.165) is 33.6 Å². The molecule has 0 saturated carbocycles. The van der Waals surface area contributed by atoms with Gasteiger partial charge in [0.1, 0.15) is 0 Å². The maximum Gasteiger partial charge on any atom is 0.269 e. The second kappa shape index (κ2) is 7.95. The summed E-state index contributed by atoms with van der Waals surface area (Å²) in [7, 11) is 0. The topological polar surface area (TPSA) is 61.0 Å². The average molecular weight is 397 g/mol.